The maximum Gasteiger partial charge on any atom is 0.343 e. The first-order valence-corrected chi connectivity index (χ1v) is 10.1. The Kier molecular flexibility index (Phi) is 5.31. The molecule has 4 aromatic rings. The highest BCUT2D eigenvalue weighted by Crippen LogP contribution is 2.31. The number of aryl methyl sites for hydroxylation is 1. The summed E-state index contributed by atoms with van der Waals surface area (Å²) >= 11 is 1.46. The predicted molar refractivity (Wildman–Crippen MR) is 113 cm³/mol. The Morgan fingerprint density at radius 1 is 1.24 bits per heavy atom. The number of hydrogen-bond acceptors (Lipinski definition) is 7. The van der Waals surface area contributed by atoms with E-state index >= 15 is 0 Å². The fraction of sp³-hybridized carbons (Fsp3) is 0.227. The van der Waals surface area contributed by atoms with E-state index in [0.29, 0.717) is 33.7 Å². The number of benzene rings is 2. The summed E-state index contributed by atoms with van der Waals surface area (Å²) in [6, 6.07) is 11.2. The molecule has 2 heterocycles. The van der Waals surface area contributed by atoms with Crippen molar-refractivity contribution in [1.29, 1.82) is 0 Å². The molecule has 0 saturated heterocycles. The number of carbonyl (C=O) groups excluding carboxylic acids is 1. The molecular formula is C22H19NO5S. The summed E-state index contributed by atoms with van der Waals surface area (Å²) in [7, 11) is 1.31. The number of para-hydroxylation sites is 1. The van der Waals surface area contributed by atoms with E-state index in [1.807, 2.05) is 31.2 Å². The average molecular weight is 409 g/mol. The summed E-state index contributed by atoms with van der Waals surface area (Å²) in [6.07, 6.45) is 3.01. The van der Waals surface area contributed by atoms with Crippen LogP contribution in [0, 0.1) is 0 Å². The number of aromatic nitrogens is 1. The number of thiazole rings is 1. The van der Waals surface area contributed by atoms with Gasteiger partial charge in [0.05, 0.1) is 28.3 Å². The van der Waals surface area contributed by atoms with Crippen molar-refractivity contribution < 1.29 is 18.7 Å². The fourth-order valence-electron chi connectivity index (χ4n) is 3.13. The van der Waals surface area contributed by atoms with E-state index in [-0.39, 0.29) is 12.0 Å². The van der Waals surface area contributed by atoms with Crippen LogP contribution in [0.25, 0.3) is 31.8 Å². The molecule has 0 saturated carbocycles. The van der Waals surface area contributed by atoms with E-state index in [0.717, 1.165) is 22.2 Å². The molecule has 2 aromatic heterocycles. The maximum atomic E-state index is 13.2. The fourth-order valence-corrected chi connectivity index (χ4v) is 4.10. The molecule has 0 aliphatic carbocycles. The summed E-state index contributed by atoms with van der Waals surface area (Å²) in [5, 5.41) is 1.10. The van der Waals surface area contributed by atoms with Crippen LogP contribution in [-0.4, -0.2) is 24.7 Å². The topological polar surface area (TPSA) is 78.6 Å². The van der Waals surface area contributed by atoms with Crippen molar-refractivity contribution in [3.8, 4) is 16.3 Å². The third kappa shape index (κ3) is 3.73. The van der Waals surface area contributed by atoms with E-state index < -0.39 is 5.97 Å². The summed E-state index contributed by atoms with van der Waals surface area (Å²) in [4.78, 5) is 29.2. The third-order valence-electron chi connectivity index (χ3n) is 4.57. The number of esters is 1. The Balaban J connectivity index is 1.80. The summed E-state index contributed by atoms with van der Waals surface area (Å²) in [6.45, 7) is 1.83. The van der Waals surface area contributed by atoms with Crippen LogP contribution in [-0.2, 0) is 16.0 Å². The second kappa shape index (κ2) is 8.05. The lowest BCUT2D eigenvalue weighted by molar-refractivity contribution is -0.142. The van der Waals surface area contributed by atoms with Gasteiger partial charge in [0.2, 0.25) is 5.43 Å². The zero-order chi connectivity index (χ0) is 20.4. The van der Waals surface area contributed by atoms with Gasteiger partial charge in [-0.25, -0.2) is 9.78 Å². The largest absolute Gasteiger partial charge is 0.481 e. The van der Waals surface area contributed by atoms with E-state index in [1.165, 1.54) is 24.7 Å². The molecule has 0 N–H and O–H groups in total. The van der Waals surface area contributed by atoms with Gasteiger partial charge in [-0.1, -0.05) is 25.5 Å². The first-order chi connectivity index (χ1) is 14.1. The molecule has 0 amide bonds. The lowest BCUT2D eigenvalue weighted by Gasteiger charge is -2.11. The van der Waals surface area contributed by atoms with Gasteiger partial charge in [0.25, 0.3) is 0 Å². The lowest BCUT2D eigenvalue weighted by atomic mass is 10.0. The van der Waals surface area contributed by atoms with Crippen LogP contribution in [0.4, 0.5) is 0 Å². The molecule has 148 valence electrons. The van der Waals surface area contributed by atoms with Crippen molar-refractivity contribution in [3.63, 3.8) is 0 Å². The number of ether oxygens (including phenoxy) is 2. The quantitative estimate of drug-likeness (QED) is 0.434. The van der Waals surface area contributed by atoms with Crippen LogP contribution in [0.1, 0.15) is 18.9 Å². The Morgan fingerprint density at radius 3 is 2.83 bits per heavy atom. The van der Waals surface area contributed by atoms with Crippen molar-refractivity contribution in [1.82, 2.24) is 4.98 Å². The summed E-state index contributed by atoms with van der Waals surface area (Å²) in [5.74, 6) is 0.0424. The van der Waals surface area contributed by atoms with Gasteiger partial charge in [-0.3, -0.25) is 4.79 Å². The van der Waals surface area contributed by atoms with E-state index in [2.05, 4.69) is 9.72 Å². The van der Waals surface area contributed by atoms with E-state index in [1.54, 1.807) is 12.1 Å². The van der Waals surface area contributed by atoms with Gasteiger partial charge in [0, 0.05) is 6.07 Å². The van der Waals surface area contributed by atoms with Gasteiger partial charge in [0.15, 0.2) is 6.61 Å². The Morgan fingerprint density at radius 2 is 2.07 bits per heavy atom. The molecule has 0 bridgehead atoms. The first-order valence-electron chi connectivity index (χ1n) is 9.24. The highest BCUT2D eigenvalue weighted by Gasteiger charge is 2.16. The van der Waals surface area contributed by atoms with Crippen molar-refractivity contribution in [2.24, 2.45) is 0 Å². The highest BCUT2D eigenvalue weighted by atomic mass is 32.1. The second-order valence-corrected chi connectivity index (χ2v) is 7.57. The molecule has 6 nitrogen and oxygen atoms in total. The van der Waals surface area contributed by atoms with E-state index in [9.17, 15) is 9.59 Å². The monoisotopic (exact) mass is 409 g/mol. The lowest BCUT2D eigenvalue weighted by Crippen LogP contribution is -2.14. The number of nitrogens with zero attached hydrogens (tertiary/aromatic N) is 1. The standard InChI is InChI=1S/C22H19NO5S/c1-3-6-13-9-14-18(10-17(13)28-12-20(24)26-2)27-11-15(21(14)25)22-23-16-7-4-5-8-19(16)29-22/h4-5,7-11H,3,6,12H2,1-2H3. The zero-order valence-electron chi connectivity index (χ0n) is 16.1. The molecule has 0 atom stereocenters. The Labute approximate surface area is 170 Å². The van der Waals surface area contributed by atoms with Gasteiger partial charge in [-0.05, 0) is 30.2 Å². The summed E-state index contributed by atoms with van der Waals surface area (Å²) < 4.78 is 17.0. The molecule has 0 radical (unpaired) electrons. The molecule has 4 rings (SSSR count). The van der Waals surface area contributed by atoms with Crippen LogP contribution >= 0.6 is 11.3 Å². The SMILES string of the molecule is CCCc1cc2c(=O)c(-c3nc4ccccc4s3)coc2cc1OCC(=O)OC. The molecule has 29 heavy (non-hydrogen) atoms. The van der Waals surface area contributed by atoms with E-state index in [4.69, 9.17) is 9.15 Å². The smallest absolute Gasteiger partial charge is 0.343 e. The van der Waals surface area contributed by atoms with Crippen LogP contribution in [0.15, 0.2) is 51.9 Å². The van der Waals surface area contributed by atoms with Crippen LogP contribution in [0.2, 0.25) is 0 Å². The van der Waals surface area contributed by atoms with Crippen molar-refractivity contribution >= 4 is 38.5 Å². The third-order valence-corrected chi connectivity index (χ3v) is 5.64. The molecule has 0 fully saturated rings. The van der Waals surface area contributed by atoms with Gasteiger partial charge in [-0.15, -0.1) is 11.3 Å². The van der Waals surface area contributed by atoms with Crippen molar-refractivity contribution in [2.75, 3.05) is 13.7 Å². The first kappa shape index (κ1) is 19.1. The van der Waals surface area contributed by atoms with Gasteiger partial charge >= 0.3 is 5.97 Å². The van der Waals surface area contributed by atoms with Crippen LogP contribution in [0.5, 0.6) is 5.75 Å². The molecular weight excluding hydrogens is 390 g/mol. The minimum absolute atomic E-state index is 0.137. The Hall–Kier alpha value is -3.19. The number of hydrogen-bond donors (Lipinski definition) is 0. The predicted octanol–water partition coefficient (Wildman–Crippen LogP) is 4.57. The molecule has 0 unspecified atom stereocenters. The molecule has 0 spiro atoms. The van der Waals surface area contributed by atoms with Gasteiger partial charge < -0.3 is 13.9 Å². The number of fused-ring (bicyclic) bond motifs is 2. The molecule has 0 aliphatic heterocycles. The maximum absolute atomic E-state index is 13.2. The van der Waals surface area contributed by atoms with Crippen molar-refractivity contribution in [2.45, 2.75) is 19.8 Å². The van der Waals surface area contributed by atoms with Gasteiger partial charge in [-0.2, -0.15) is 0 Å². The van der Waals surface area contributed by atoms with Crippen molar-refractivity contribution in [3.05, 3.63) is 58.4 Å². The van der Waals surface area contributed by atoms with Crippen LogP contribution in [0.3, 0.4) is 0 Å². The Bertz CT molecular complexity index is 1220. The second-order valence-electron chi connectivity index (χ2n) is 6.54. The number of rotatable bonds is 6. The highest BCUT2D eigenvalue weighted by molar-refractivity contribution is 7.21. The number of carbonyl (C=O) groups is 1. The normalized spacial score (nSPS) is 11.1. The zero-order valence-corrected chi connectivity index (χ0v) is 16.9. The molecule has 0 aliphatic rings. The molecule has 2 aromatic carbocycles. The average Bonchev–Trinajstić information content (AvgIpc) is 3.16. The number of methoxy groups -OCH3 is 1. The molecule has 7 heteroatoms. The minimum Gasteiger partial charge on any atom is -0.481 e. The minimum atomic E-state index is -0.472. The van der Waals surface area contributed by atoms with Gasteiger partial charge in [0.1, 0.15) is 22.6 Å². The summed E-state index contributed by atoms with van der Waals surface area (Å²) in [5.41, 5.74) is 2.40. The van der Waals surface area contributed by atoms with Crippen LogP contribution < -0.4 is 10.2 Å².